The monoisotopic (exact) mass is 430 g/mol. The summed E-state index contributed by atoms with van der Waals surface area (Å²) >= 11 is 1.60. The number of para-hydroxylation sites is 2. The molecule has 2 fully saturated rings. The second-order valence-corrected chi connectivity index (χ2v) is 8.64. The largest absolute Gasteiger partial charge is 0.383 e. The van der Waals surface area contributed by atoms with Crippen molar-refractivity contribution in [1.82, 2.24) is 9.88 Å². The van der Waals surface area contributed by atoms with Crippen molar-refractivity contribution in [2.45, 2.75) is 18.8 Å². The van der Waals surface area contributed by atoms with Crippen molar-refractivity contribution in [1.29, 1.82) is 0 Å². The lowest BCUT2D eigenvalue weighted by Gasteiger charge is -2.30. The van der Waals surface area contributed by atoms with E-state index in [9.17, 15) is 4.79 Å². The molecule has 7 nitrogen and oxygen atoms in total. The van der Waals surface area contributed by atoms with E-state index in [1.54, 1.807) is 18.4 Å². The van der Waals surface area contributed by atoms with Crippen LogP contribution in [0, 0.1) is 0 Å². The molecule has 0 unspecified atom stereocenters. The van der Waals surface area contributed by atoms with E-state index in [0.717, 1.165) is 68.6 Å². The minimum Gasteiger partial charge on any atom is -0.383 e. The summed E-state index contributed by atoms with van der Waals surface area (Å²) in [6.07, 6.45) is 2.16. The molecule has 2 aromatic rings. The van der Waals surface area contributed by atoms with Gasteiger partial charge in [0.15, 0.2) is 0 Å². The molecule has 3 heterocycles. The molecule has 0 saturated carbocycles. The lowest BCUT2D eigenvalue weighted by atomic mass is 9.97. The first kappa shape index (κ1) is 21.2. The number of benzene rings is 1. The number of piperidine rings is 1. The lowest BCUT2D eigenvalue weighted by Crippen LogP contribution is -2.36. The predicted octanol–water partition coefficient (Wildman–Crippen LogP) is 3.06. The second kappa shape index (κ2) is 10.3. The molecule has 8 heteroatoms. The number of likely N-dealkylation sites (tertiary alicyclic amines) is 1. The zero-order chi connectivity index (χ0) is 20.8. The Kier molecular flexibility index (Phi) is 7.33. The van der Waals surface area contributed by atoms with Crippen LogP contribution in [0.4, 0.5) is 11.4 Å². The van der Waals surface area contributed by atoms with Gasteiger partial charge in [-0.3, -0.25) is 4.79 Å². The maximum Gasteiger partial charge on any atom is 0.275 e. The average molecular weight is 431 g/mol. The fourth-order valence-corrected chi connectivity index (χ4v) is 5.02. The molecule has 4 rings (SSSR count). The number of nitrogens with zero attached hydrogens (tertiary/aromatic N) is 3. The van der Waals surface area contributed by atoms with Crippen molar-refractivity contribution in [2.24, 2.45) is 0 Å². The summed E-state index contributed by atoms with van der Waals surface area (Å²) < 4.78 is 10.6. The molecule has 0 atom stereocenters. The van der Waals surface area contributed by atoms with Crippen LogP contribution in [0.3, 0.4) is 0 Å². The SMILES string of the molecule is COCCN1CCC(c2nc(C(=O)Nc3ccccc3N3CCOCC3)cs2)CC1. The Bertz CT molecular complexity index is 829. The molecular formula is C22H30N4O3S. The van der Waals surface area contributed by atoms with E-state index in [1.807, 2.05) is 29.6 Å². The Labute approximate surface area is 182 Å². The number of aromatic nitrogens is 1. The molecule has 30 heavy (non-hydrogen) atoms. The van der Waals surface area contributed by atoms with Crippen LogP contribution in [0.2, 0.25) is 0 Å². The number of anilines is 2. The highest BCUT2D eigenvalue weighted by Crippen LogP contribution is 2.31. The first-order valence-electron chi connectivity index (χ1n) is 10.6. The third-order valence-corrected chi connectivity index (χ3v) is 6.81. The Morgan fingerprint density at radius 3 is 2.77 bits per heavy atom. The third-order valence-electron chi connectivity index (χ3n) is 5.81. The minimum absolute atomic E-state index is 0.143. The number of amides is 1. The number of rotatable bonds is 7. The zero-order valence-corrected chi connectivity index (χ0v) is 18.3. The normalized spacial score (nSPS) is 18.5. The van der Waals surface area contributed by atoms with Gasteiger partial charge in [0.05, 0.1) is 36.2 Å². The number of ether oxygens (including phenoxy) is 2. The van der Waals surface area contributed by atoms with E-state index in [1.165, 1.54) is 0 Å². The smallest absolute Gasteiger partial charge is 0.275 e. The summed E-state index contributed by atoms with van der Waals surface area (Å²) in [5.74, 6) is 0.298. The molecule has 1 aromatic heterocycles. The fraction of sp³-hybridized carbons (Fsp3) is 0.545. The van der Waals surface area contributed by atoms with Crippen molar-refractivity contribution in [3.8, 4) is 0 Å². The second-order valence-electron chi connectivity index (χ2n) is 7.75. The maximum atomic E-state index is 12.9. The van der Waals surface area contributed by atoms with Crippen molar-refractivity contribution in [3.63, 3.8) is 0 Å². The van der Waals surface area contributed by atoms with Crippen LogP contribution in [0.1, 0.15) is 34.3 Å². The summed E-state index contributed by atoms with van der Waals surface area (Å²) in [7, 11) is 1.74. The van der Waals surface area contributed by atoms with E-state index in [-0.39, 0.29) is 5.91 Å². The summed E-state index contributed by atoms with van der Waals surface area (Å²) in [5.41, 5.74) is 2.37. The van der Waals surface area contributed by atoms with Gasteiger partial charge in [0, 0.05) is 38.0 Å². The van der Waals surface area contributed by atoms with E-state index < -0.39 is 0 Å². The first-order valence-corrected chi connectivity index (χ1v) is 11.5. The molecule has 1 N–H and O–H groups in total. The summed E-state index contributed by atoms with van der Waals surface area (Å²) in [4.78, 5) is 22.3. The van der Waals surface area contributed by atoms with Gasteiger partial charge >= 0.3 is 0 Å². The number of nitrogens with one attached hydrogen (secondary N) is 1. The topological polar surface area (TPSA) is 66.9 Å². The van der Waals surface area contributed by atoms with Gasteiger partial charge in [0.25, 0.3) is 5.91 Å². The highest BCUT2D eigenvalue weighted by molar-refractivity contribution is 7.10. The van der Waals surface area contributed by atoms with Gasteiger partial charge in [-0.05, 0) is 38.1 Å². The molecule has 0 aliphatic carbocycles. The van der Waals surface area contributed by atoms with Crippen LogP contribution < -0.4 is 10.2 Å². The van der Waals surface area contributed by atoms with Crippen LogP contribution in [-0.4, -0.2) is 75.4 Å². The Hall–Kier alpha value is -2.00. The van der Waals surface area contributed by atoms with E-state index in [0.29, 0.717) is 24.8 Å². The number of carbonyl (C=O) groups is 1. The van der Waals surface area contributed by atoms with Gasteiger partial charge in [-0.2, -0.15) is 0 Å². The van der Waals surface area contributed by atoms with Gasteiger partial charge in [0.2, 0.25) is 0 Å². The minimum atomic E-state index is -0.143. The molecular weight excluding hydrogens is 400 g/mol. The van der Waals surface area contributed by atoms with Crippen LogP contribution in [-0.2, 0) is 9.47 Å². The van der Waals surface area contributed by atoms with E-state index in [2.05, 4.69) is 20.1 Å². The van der Waals surface area contributed by atoms with Crippen molar-refractivity contribution in [2.75, 3.05) is 69.9 Å². The quantitative estimate of drug-likeness (QED) is 0.728. The van der Waals surface area contributed by atoms with Gasteiger partial charge < -0.3 is 24.6 Å². The van der Waals surface area contributed by atoms with Gasteiger partial charge in [-0.1, -0.05) is 12.1 Å². The standard InChI is InChI=1S/C22H30N4O3S/c1-28-13-10-25-8-6-17(7-9-25)22-24-19(16-30-22)21(27)23-18-4-2-3-5-20(18)26-11-14-29-15-12-26/h2-5,16-17H,6-15H2,1H3,(H,23,27). The van der Waals surface area contributed by atoms with Crippen LogP contribution in [0.15, 0.2) is 29.6 Å². The van der Waals surface area contributed by atoms with Crippen LogP contribution >= 0.6 is 11.3 Å². The molecule has 0 bridgehead atoms. The number of thiazole rings is 1. The highest BCUT2D eigenvalue weighted by Gasteiger charge is 2.24. The number of morpholine rings is 1. The average Bonchev–Trinajstić information content (AvgIpc) is 3.29. The number of carbonyl (C=O) groups excluding carboxylic acids is 1. The van der Waals surface area contributed by atoms with E-state index in [4.69, 9.17) is 9.47 Å². The number of methoxy groups -OCH3 is 1. The molecule has 0 radical (unpaired) electrons. The fourth-order valence-electron chi connectivity index (χ4n) is 4.05. The maximum absolute atomic E-state index is 12.9. The molecule has 2 aliphatic rings. The van der Waals surface area contributed by atoms with Crippen LogP contribution in [0.5, 0.6) is 0 Å². The molecule has 1 amide bonds. The number of hydrogen-bond acceptors (Lipinski definition) is 7. The van der Waals surface area contributed by atoms with Crippen molar-refractivity contribution in [3.05, 3.63) is 40.3 Å². The van der Waals surface area contributed by atoms with Gasteiger partial charge in [-0.15, -0.1) is 11.3 Å². The lowest BCUT2D eigenvalue weighted by molar-refractivity contribution is 0.102. The van der Waals surface area contributed by atoms with Gasteiger partial charge in [-0.25, -0.2) is 4.98 Å². The predicted molar refractivity (Wildman–Crippen MR) is 120 cm³/mol. The summed E-state index contributed by atoms with van der Waals surface area (Å²) in [6, 6.07) is 7.94. The van der Waals surface area contributed by atoms with Gasteiger partial charge in [0.1, 0.15) is 5.69 Å². The Morgan fingerprint density at radius 2 is 2.00 bits per heavy atom. The van der Waals surface area contributed by atoms with Crippen molar-refractivity contribution < 1.29 is 14.3 Å². The molecule has 0 spiro atoms. The Morgan fingerprint density at radius 1 is 1.23 bits per heavy atom. The van der Waals surface area contributed by atoms with Crippen LogP contribution in [0.25, 0.3) is 0 Å². The highest BCUT2D eigenvalue weighted by atomic mass is 32.1. The molecule has 1 aromatic carbocycles. The first-order chi connectivity index (χ1) is 14.7. The third kappa shape index (κ3) is 5.18. The molecule has 2 saturated heterocycles. The van der Waals surface area contributed by atoms with E-state index >= 15 is 0 Å². The van der Waals surface area contributed by atoms with Crippen molar-refractivity contribution >= 4 is 28.6 Å². The number of hydrogen-bond donors (Lipinski definition) is 1. The summed E-state index contributed by atoms with van der Waals surface area (Å²) in [6.45, 7) is 6.96. The summed E-state index contributed by atoms with van der Waals surface area (Å²) in [5, 5.41) is 6.04. The molecule has 2 aliphatic heterocycles. The molecule has 162 valence electrons. The zero-order valence-electron chi connectivity index (χ0n) is 17.5. The Balaban J connectivity index is 1.37.